The Bertz CT molecular complexity index is 1270. The lowest BCUT2D eigenvalue weighted by atomic mass is 10.0. The summed E-state index contributed by atoms with van der Waals surface area (Å²) in [5, 5.41) is 13.8. The van der Waals surface area contributed by atoms with Crippen LogP contribution in [0.15, 0.2) is 40.1 Å². The fourth-order valence-corrected chi connectivity index (χ4v) is 3.06. The number of nitrogens with zero attached hydrogens (tertiary/aromatic N) is 4. The van der Waals surface area contributed by atoms with Crippen LogP contribution in [0.4, 0.5) is 11.4 Å². The summed E-state index contributed by atoms with van der Waals surface area (Å²) in [5.74, 6) is -0.701. The van der Waals surface area contributed by atoms with E-state index < -0.39 is 22.1 Å². The Labute approximate surface area is 164 Å². The van der Waals surface area contributed by atoms with Gasteiger partial charge in [-0.15, -0.1) is 0 Å². The lowest BCUT2D eigenvalue weighted by Gasteiger charge is -2.17. The number of nitrogens with one attached hydrogen (secondary N) is 1. The van der Waals surface area contributed by atoms with Crippen LogP contribution in [-0.4, -0.2) is 24.9 Å². The van der Waals surface area contributed by atoms with Crippen molar-refractivity contribution in [3.05, 3.63) is 72.5 Å². The fourth-order valence-electron chi connectivity index (χ4n) is 3.06. The molecule has 0 spiro atoms. The van der Waals surface area contributed by atoms with Crippen LogP contribution in [0.2, 0.25) is 0 Å². The highest BCUT2D eigenvalue weighted by Crippen LogP contribution is 2.29. The minimum atomic E-state index is -0.612. The first-order valence-corrected chi connectivity index (χ1v) is 8.78. The monoisotopic (exact) mass is 397 g/mol. The van der Waals surface area contributed by atoms with Crippen molar-refractivity contribution in [3.8, 4) is 0 Å². The fraction of sp³-hybridized carbons (Fsp3) is 0.263. The van der Waals surface area contributed by atoms with Gasteiger partial charge in [0.2, 0.25) is 0 Å². The highest BCUT2D eigenvalue weighted by molar-refractivity contribution is 6.09. The molecule has 10 heteroatoms. The summed E-state index contributed by atoms with van der Waals surface area (Å²) in [6.45, 7) is 3.75. The van der Waals surface area contributed by atoms with Gasteiger partial charge >= 0.3 is 5.69 Å². The number of rotatable bonds is 4. The Morgan fingerprint density at radius 3 is 2.52 bits per heavy atom. The predicted octanol–water partition coefficient (Wildman–Crippen LogP) is 1.92. The maximum absolute atomic E-state index is 12.8. The first-order chi connectivity index (χ1) is 13.6. The average molecular weight is 397 g/mol. The lowest BCUT2D eigenvalue weighted by Crippen LogP contribution is -2.38. The van der Waals surface area contributed by atoms with Crippen LogP contribution < -0.4 is 16.6 Å². The summed E-state index contributed by atoms with van der Waals surface area (Å²) in [4.78, 5) is 52.5. The summed E-state index contributed by atoms with van der Waals surface area (Å²) in [6, 6.07) is 5.28. The lowest BCUT2D eigenvalue weighted by molar-refractivity contribution is -0.384. The zero-order chi connectivity index (χ0) is 21.5. The minimum Gasteiger partial charge on any atom is -0.321 e. The van der Waals surface area contributed by atoms with Gasteiger partial charge in [-0.2, -0.15) is 0 Å². The van der Waals surface area contributed by atoms with Crippen LogP contribution in [0, 0.1) is 10.1 Å². The molecule has 10 nitrogen and oxygen atoms in total. The molecule has 0 unspecified atom stereocenters. The van der Waals surface area contributed by atoms with Gasteiger partial charge in [0.15, 0.2) is 5.65 Å². The predicted molar refractivity (Wildman–Crippen MR) is 107 cm³/mol. The molecule has 2 aromatic heterocycles. The molecule has 3 aromatic rings. The van der Waals surface area contributed by atoms with E-state index in [1.165, 1.54) is 43.1 Å². The Balaban J connectivity index is 2.25. The topological polar surface area (TPSA) is 129 Å². The summed E-state index contributed by atoms with van der Waals surface area (Å²) < 4.78 is 2.17. The molecule has 0 atom stereocenters. The first kappa shape index (κ1) is 19.9. The second-order valence-electron chi connectivity index (χ2n) is 6.91. The van der Waals surface area contributed by atoms with Gasteiger partial charge < -0.3 is 5.32 Å². The van der Waals surface area contributed by atoms with E-state index in [2.05, 4.69) is 10.3 Å². The zero-order valence-electron chi connectivity index (χ0n) is 16.3. The molecule has 1 N–H and O–H groups in total. The number of aromatic nitrogens is 3. The van der Waals surface area contributed by atoms with Crippen molar-refractivity contribution in [1.29, 1.82) is 0 Å². The summed E-state index contributed by atoms with van der Waals surface area (Å²) in [5.41, 5.74) is -0.308. The van der Waals surface area contributed by atoms with Crippen molar-refractivity contribution in [2.24, 2.45) is 14.1 Å². The van der Waals surface area contributed by atoms with Crippen LogP contribution in [0.25, 0.3) is 11.0 Å². The standard InChI is InChI=1S/C19H19N5O5/c1-10(2)13-9-20-16-14(18(26)23(4)19(27)22(16)3)15(13)21-17(25)11-6-5-7-12(8-11)24(28)29/h5-10H,1-4H3,(H,20,21,25). The van der Waals surface area contributed by atoms with Gasteiger partial charge in [0, 0.05) is 38.0 Å². The van der Waals surface area contributed by atoms with E-state index in [9.17, 15) is 24.5 Å². The number of amides is 1. The van der Waals surface area contributed by atoms with E-state index >= 15 is 0 Å². The second kappa shape index (κ2) is 7.30. The number of fused-ring (bicyclic) bond motifs is 1. The van der Waals surface area contributed by atoms with Crippen molar-refractivity contribution in [2.45, 2.75) is 19.8 Å². The third-order valence-electron chi connectivity index (χ3n) is 4.68. The molecule has 2 heterocycles. The molecular weight excluding hydrogens is 378 g/mol. The molecule has 0 saturated heterocycles. The molecular formula is C19H19N5O5. The molecule has 150 valence electrons. The van der Waals surface area contributed by atoms with E-state index in [-0.39, 0.29) is 33.9 Å². The largest absolute Gasteiger partial charge is 0.332 e. The molecule has 0 aliphatic heterocycles. The van der Waals surface area contributed by atoms with Crippen LogP contribution in [-0.2, 0) is 14.1 Å². The number of benzene rings is 1. The first-order valence-electron chi connectivity index (χ1n) is 8.78. The number of anilines is 1. The molecule has 1 amide bonds. The minimum absolute atomic E-state index is 0.0699. The molecule has 29 heavy (non-hydrogen) atoms. The van der Waals surface area contributed by atoms with Gasteiger partial charge in [-0.1, -0.05) is 19.9 Å². The smallest absolute Gasteiger partial charge is 0.321 e. The van der Waals surface area contributed by atoms with Gasteiger partial charge in [-0.05, 0) is 17.5 Å². The Morgan fingerprint density at radius 1 is 1.21 bits per heavy atom. The van der Waals surface area contributed by atoms with Crippen molar-refractivity contribution in [3.63, 3.8) is 0 Å². The molecule has 0 saturated carbocycles. The third kappa shape index (κ3) is 3.40. The number of hydrogen-bond donors (Lipinski definition) is 1. The quantitative estimate of drug-likeness (QED) is 0.529. The van der Waals surface area contributed by atoms with Crippen LogP contribution in [0.3, 0.4) is 0 Å². The maximum atomic E-state index is 12.8. The number of non-ortho nitro benzene ring substituents is 1. The van der Waals surface area contributed by atoms with Crippen molar-refractivity contribution >= 4 is 28.3 Å². The number of nitro groups is 1. The van der Waals surface area contributed by atoms with E-state index in [0.717, 1.165) is 10.6 Å². The number of pyridine rings is 1. The summed E-state index contributed by atoms with van der Waals surface area (Å²) in [7, 11) is 2.83. The Morgan fingerprint density at radius 2 is 1.90 bits per heavy atom. The van der Waals surface area contributed by atoms with E-state index in [1.807, 2.05) is 13.8 Å². The third-order valence-corrected chi connectivity index (χ3v) is 4.68. The number of carbonyl (C=O) groups excluding carboxylic acids is 1. The van der Waals surface area contributed by atoms with Gasteiger partial charge in [0.1, 0.15) is 5.39 Å². The van der Waals surface area contributed by atoms with Gasteiger partial charge in [-0.3, -0.25) is 28.8 Å². The highest BCUT2D eigenvalue weighted by Gasteiger charge is 2.21. The van der Waals surface area contributed by atoms with Crippen molar-refractivity contribution in [2.75, 3.05) is 5.32 Å². The zero-order valence-corrected chi connectivity index (χ0v) is 16.3. The normalized spacial score (nSPS) is 11.1. The SMILES string of the molecule is CC(C)c1cnc2c(c1NC(=O)c1cccc([N+](=O)[O-])c1)c(=O)n(C)c(=O)n2C. The van der Waals surface area contributed by atoms with Crippen LogP contribution in [0.1, 0.15) is 35.7 Å². The number of nitro benzene ring substituents is 1. The van der Waals surface area contributed by atoms with Crippen LogP contribution >= 0.6 is 0 Å². The van der Waals surface area contributed by atoms with Crippen molar-refractivity contribution in [1.82, 2.24) is 14.1 Å². The summed E-state index contributed by atoms with van der Waals surface area (Å²) >= 11 is 0. The van der Waals surface area contributed by atoms with Gasteiger partial charge in [-0.25, -0.2) is 9.78 Å². The Kier molecular flexibility index (Phi) is 5.02. The molecule has 0 bridgehead atoms. The second-order valence-corrected chi connectivity index (χ2v) is 6.91. The molecule has 0 radical (unpaired) electrons. The van der Waals surface area contributed by atoms with Crippen LogP contribution in [0.5, 0.6) is 0 Å². The number of carbonyl (C=O) groups is 1. The van der Waals surface area contributed by atoms with Gasteiger partial charge in [0.25, 0.3) is 17.2 Å². The van der Waals surface area contributed by atoms with Gasteiger partial charge in [0.05, 0.1) is 10.6 Å². The van der Waals surface area contributed by atoms with E-state index in [0.29, 0.717) is 5.56 Å². The highest BCUT2D eigenvalue weighted by atomic mass is 16.6. The Hall–Kier alpha value is -3.82. The number of aryl methyl sites for hydroxylation is 1. The molecule has 0 fully saturated rings. The average Bonchev–Trinajstić information content (AvgIpc) is 2.70. The maximum Gasteiger partial charge on any atom is 0.332 e. The molecule has 0 aliphatic carbocycles. The molecule has 3 rings (SSSR count). The van der Waals surface area contributed by atoms with E-state index in [1.54, 1.807) is 0 Å². The van der Waals surface area contributed by atoms with Crippen molar-refractivity contribution < 1.29 is 9.72 Å². The summed E-state index contributed by atoms with van der Waals surface area (Å²) in [6.07, 6.45) is 1.51. The molecule has 0 aliphatic rings. The number of hydrogen-bond acceptors (Lipinski definition) is 6. The van der Waals surface area contributed by atoms with E-state index in [4.69, 9.17) is 0 Å². The molecule has 1 aromatic carbocycles.